The van der Waals surface area contributed by atoms with Gasteiger partial charge in [-0.2, -0.15) is 0 Å². The third-order valence-electron chi connectivity index (χ3n) is 4.32. The highest BCUT2D eigenvalue weighted by Crippen LogP contribution is 2.29. The van der Waals surface area contributed by atoms with E-state index < -0.39 is 0 Å². The Morgan fingerprint density at radius 2 is 1.92 bits per heavy atom. The first-order valence-corrected chi connectivity index (χ1v) is 8.68. The molecule has 0 saturated heterocycles. The van der Waals surface area contributed by atoms with Gasteiger partial charge in [0.15, 0.2) is 17.5 Å². The SMILES string of the molecule is COc1ccc(NC(N)=NCCNC(=O)CC2CCCC2)cc1OC.I. The minimum Gasteiger partial charge on any atom is -0.493 e. The number of nitrogens with one attached hydrogen (secondary N) is 2. The van der Waals surface area contributed by atoms with Gasteiger partial charge in [0.25, 0.3) is 0 Å². The normalized spacial score (nSPS) is 14.5. The molecule has 26 heavy (non-hydrogen) atoms. The van der Waals surface area contributed by atoms with Crippen LogP contribution in [0.5, 0.6) is 11.5 Å². The third kappa shape index (κ3) is 7.27. The molecule has 1 aromatic carbocycles. The van der Waals surface area contributed by atoms with Gasteiger partial charge >= 0.3 is 0 Å². The average molecular weight is 476 g/mol. The zero-order valence-electron chi connectivity index (χ0n) is 15.4. The molecular weight excluding hydrogens is 447 g/mol. The van der Waals surface area contributed by atoms with Crippen molar-refractivity contribution in [3.05, 3.63) is 18.2 Å². The van der Waals surface area contributed by atoms with Crippen LogP contribution in [-0.2, 0) is 4.79 Å². The number of aliphatic imine (C=N–C) groups is 1. The van der Waals surface area contributed by atoms with E-state index in [9.17, 15) is 4.79 Å². The lowest BCUT2D eigenvalue weighted by atomic mass is 10.0. The summed E-state index contributed by atoms with van der Waals surface area (Å²) < 4.78 is 10.4. The van der Waals surface area contributed by atoms with Gasteiger partial charge in [-0.3, -0.25) is 9.79 Å². The monoisotopic (exact) mass is 476 g/mol. The first-order valence-electron chi connectivity index (χ1n) is 8.68. The van der Waals surface area contributed by atoms with E-state index in [0.717, 1.165) is 5.69 Å². The van der Waals surface area contributed by atoms with Crippen LogP contribution < -0.4 is 25.8 Å². The van der Waals surface area contributed by atoms with Crippen molar-refractivity contribution in [3.8, 4) is 11.5 Å². The second-order valence-corrected chi connectivity index (χ2v) is 6.17. The molecule has 2 rings (SSSR count). The van der Waals surface area contributed by atoms with Gasteiger partial charge in [-0.05, 0) is 30.9 Å². The molecule has 0 aromatic heterocycles. The summed E-state index contributed by atoms with van der Waals surface area (Å²) >= 11 is 0. The molecule has 0 atom stereocenters. The van der Waals surface area contributed by atoms with Crippen LogP contribution in [0.2, 0.25) is 0 Å². The zero-order valence-corrected chi connectivity index (χ0v) is 17.7. The number of halogens is 1. The highest BCUT2D eigenvalue weighted by Gasteiger charge is 2.17. The van der Waals surface area contributed by atoms with E-state index in [1.807, 2.05) is 6.07 Å². The van der Waals surface area contributed by atoms with Gasteiger partial charge < -0.3 is 25.8 Å². The Hall–Kier alpha value is -1.71. The Morgan fingerprint density at radius 3 is 2.58 bits per heavy atom. The largest absolute Gasteiger partial charge is 0.493 e. The Kier molecular flexibility index (Phi) is 10.2. The summed E-state index contributed by atoms with van der Waals surface area (Å²) in [4.78, 5) is 16.1. The lowest BCUT2D eigenvalue weighted by Gasteiger charge is -2.11. The number of carbonyl (C=O) groups is 1. The summed E-state index contributed by atoms with van der Waals surface area (Å²) in [5, 5.41) is 5.89. The fourth-order valence-corrected chi connectivity index (χ4v) is 3.02. The third-order valence-corrected chi connectivity index (χ3v) is 4.32. The van der Waals surface area contributed by atoms with E-state index in [1.54, 1.807) is 26.4 Å². The molecule has 1 aliphatic rings. The molecule has 146 valence electrons. The van der Waals surface area contributed by atoms with Gasteiger partial charge in [0, 0.05) is 24.7 Å². The van der Waals surface area contributed by atoms with E-state index >= 15 is 0 Å². The number of nitrogens with zero attached hydrogens (tertiary/aromatic N) is 1. The van der Waals surface area contributed by atoms with Crippen LogP contribution in [0.1, 0.15) is 32.1 Å². The Morgan fingerprint density at radius 1 is 1.23 bits per heavy atom. The number of hydrogen-bond acceptors (Lipinski definition) is 4. The fraction of sp³-hybridized carbons (Fsp3) is 0.556. The summed E-state index contributed by atoms with van der Waals surface area (Å²) in [6.07, 6.45) is 5.48. The highest BCUT2D eigenvalue weighted by molar-refractivity contribution is 14.0. The maximum absolute atomic E-state index is 11.8. The van der Waals surface area contributed by atoms with Crippen molar-refractivity contribution >= 4 is 41.5 Å². The number of guanidine groups is 1. The lowest BCUT2D eigenvalue weighted by Crippen LogP contribution is -2.29. The van der Waals surface area contributed by atoms with Crippen molar-refractivity contribution in [1.82, 2.24) is 5.32 Å². The van der Waals surface area contributed by atoms with Gasteiger partial charge in [0.1, 0.15) is 0 Å². The molecule has 7 nitrogen and oxygen atoms in total. The molecule has 1 fully saturated rings. The van der Waals surface area contributed by atoms with Crippen LogP contribution in [0.25, 0.3) is 0 Å². The van der Waals surface area contributed by atoms with Crippen molar-refractivity contribution in [2.45, 2.75) is 32.1 Å². The number of amides is 1. The maximum atomic E-state index is 11.8. The molecule has 0 heterocycles. The zero-order chi connectivity index (χ0) is 18.1. The van der Waals surface area contributed by atoms with Crippen molar-refractivity contribution < 1.29 is 14.3 Å². The number of anilines is 1. The fourth-order valence-electron chi connectivity index (χ4n) is 3.02. The van der Waals surface area contributed by atoms with Crippen LogP contribution >= 0.6 is 24.0 Å². The Bertz CT molecular complexity index is 604. The summed E-state index contributed by atoms with van der Waals surface area (Å²) in [5.74, 6) is 2.21. The van der Waals surface area contributed by atoms with E-state index in [1.165, 1.54) is 25.7 Å². The molecule has 0 unspecified atom stereocenters. The standard InChI is InChI=1S/C18H28N4O3.HI/c1-24-15-8-7-14(12-16(15)25-2)22-18(19)21-10-9-20-17(23)11-13-5-3-4-6-13;/h7-8,12-13H,3-6,9-11H2,1-2H3,(H,20,23)(H3,19,21,22);1H. The van der Waals surface area contributed by atoms with Gasteiger partial charge in [-0.15, -0.1) is 24.0 Å². The van der Waals surface area contributed by atoms with Crippen LogP contribution in [-0.4, -0.2) is 39.2 Å². The Balaban J connectivity index is 0.00000338. The van der Waals surface area contributed by atoms with Crippen molar-refractivity contribution in [1.29, 1.82) is 0 Å². The van der Waals surface area contributed by atoms with Gasteiger partial charge in [-0.25, -0.2) is 0 Å². The average Bonchev–Trinajstić information content (AvgIpc) is 3.11. The summed E-state index contributed by atoms with van der Waals surface area (Å²) in [6.45, 7) is 0.919. The number of nitrogens with two attached hydrogens (primary N) is 1. The van der Waals surface area contributed by atoms with Crippen molar-refractivity contribution in [2.75, 3.05) is 32.6 Å². The molecule has 1 aromatic rings. The molecule has 8 heteroatoms. The predicted octanol–water partition coefficient (Wildman–Crippen LogP) is 2.74. The molecule has 4 N–H and O–H groups in total. The van der Waals surface area contributed by atoms with Gasteiger partial charge in [0.05, 0.1) is 20.8 Å². The predicted molar refractivity (Wildman–Crippen MR) is 115 cm³/mol. The minimum atomic E-state index is 0. The first-order chi connectivity index (χ1) is 12.1. The summed E-state index contributed by atoms with van der Waals surface area (Å²) in [7, 11) is 3.16. The topological polar surface area (TPSA) is 98.0 Å². The quantitative estimate of drug-likeness (QED) is 0.232. The van der Waals surface area contributed by atoms with E-state index in [-0.39, 0.29) is 35.8 Å². The van der Waals surface area contributed by atoms with Gasteiger partial charge in [0.2, 0.25) is 5.91 Å². The molecule has 1 aliphatic carbocycles. The summed E-state index contributed by atoms with van der Waals surface area (Å²) in [6, 6.07) is 5.40. The van der Waals surface area contributed by atoms with Crippen LogP contribution in [0.4, 0.5) is 5.69 Å². The summed E-state index contributed by atoms with van der Waals surface area (Å²) in [5.41, 5.74) is 6.62. The molecular formula is C18H29IN4O3. The van der Waals surface area contributed by atoms with E-state index in [2.05, 4.69) is 15.6 Å². The molecule has 0 bridgehead atoms. The molecule has 1 amide bonds. The number of ether oxygens (including phenoxy) is 2. The number of benzene rings is 1. The second kappa shape index (κ2) is 11.8. The van der Waals surface area contributed by atoms with Crippen molar-refractivity contribution in [2.24, 2.45) is 16.6 Å². The molecule has 1 saturated carbocycles. The smallest absolute Gasteiger partial charge is 0.220 e. The van der Waals surface area contributed by atoms with Crippen molar-refractivity contribution in [3.63, 3.8) is 0 Å². The number of carbonyl (C=O) groups excluding carboxylic acids is 1. The van der Waals surface area contributed by atoms with Gasteiger partial charge in [-0.1, -0.05) is 12.8 Å². The minimum absolute atomic E-state index is 0. The second-order valence-electron chi connectivity index (χ2n) is 6.17. The number of methoxy groups -OCH3 is 2. The number of hydrogen-bond donors (Lipinski definition) is 3. The molecule has 0 aliphatic heterocycles. The van der Waals surface area contributed by atoms with Crippen LogP contribution in [0.3, 0.4) is 0 Å². The van der Waals surface area contributed by atoms with E-state index in [4.69, 9.17) is 15.2 Å². The van der Waals surface area contributed by atoms with Crippen LogP contribution in [0, 0.1) is 5.92 Å². The van der Waals surface area contributed by atoms with E-state index in [0.29, 0.717) is 36.9 Å². The lowest BCUT2D eigenvalue weighted by molar-refractivity contribution is -0.121. The Labute approximate surface area is 172 Å². The first kappa shape index (κ1) is 22.3. The highest BCUT2D eigenvalue weighted by atomic mass is 127. The van der Waals surface area contributed by atoms with Crippen LogP contribution in [0.15, 0.2) is 23.2 Å². The molecule has 0 radical (unpaired) electrons. The molecule has 0 spiro atoms. The maximum Gasteiger partial charge on any atom is 0.220 e. The number of rotatable bonds is 8.